The summed E-state index contributed by atoms with van der Waals surface area (Å²) in [7, 11) is 1.77. The highest BCUT2D eigenvalue weighted by Gasteiger charge is 2.39. The zero-order valence-corrected chi connectivity index (χ0v) is 24.3. The Morgan fingerprint density at radius 1 is 1.16 bits per heavy atom. The number of hydroxylamine groups is 2. The van der Waals surface area contributed by atoms with Gasteiger partial charge in [-0.3, -0.25) is 24.4 Å². The smallest absolute Gasteiger partial charge is 0.263 e. The number of hydrogen-bond acceptors (Lipinski definition) is 6. The minimum absolute atomic E-state index is 0.0318. The maximum Gasteiger partial charge on any atom is 0.263 e. The van der Waals surface area contributed by atoms with Gasteiger partial charge in [0.15, 0.2) is 0 Å². The summed E-state index contributed by atoms with van der Waals surface area (Å²) in [6.07, 6.45) is 6.56. The van der Waals surface area contributed by atoms with E-state index in [0.717, 1.165) is 35.4 Å². The highest BCUT2D eigenvalue weighted by Crippen LogP contribution is 2.31. The number of thiophene rings is 1. The van der Waals surface area contributed by atoms with Crippen LogP contribution < -0.4 is 5.32 Å². The molecular weight excluding hydrogens is 504 g/mol. The molecule has 1 saturated carbocycles. The van der Waals surface area contributed by atoms with Gasteiger partial charge in [-0.25, -0.2) is 5.06 Å². The van der Waals surface area contributed by atoms with Gasteiger partial charge in [-0.15, -0.1) is 11.3 Å². The van der Waals surface area contributed by atoms with E-state index in [1.807, 2.05) is 44.7 Å². The van der Waals surface area contributed by atoms with E-state index in [1.54, 1.807) is 11.9 Å². The Bertz CT molecular complexity index is 976. The number of carbonyl (C=O) groups excluding carboxylic acids is 4. The molecule has 38 heavy (non-hydrogen) atoms. The fourth-order valence-electron chi connectivity index (χ4n) is 5.64. The Labute approximate surface area is 230 Å². The monoisotopic (exact) mass is 548 g/mol. The van der Waals surface area contributed by atoms with E-state index in [-0.39, 0.29) is 30.3 Å². The predicted molar refractivity (Wildman–Crippen MR) is 147 cm³/mol. The first-order valence-electron chi connectivity index (χ1n) is 13.7. The van der Waals surface area contributed by atoms with Crippen LogP contribution in [-0.4, -0.2) is 83.0 Å². The Balaban J connectivity index is 1.64. The quantitative estimate of drug-likeness (QED) is 0.263. The van der Waals surface area contributed by atoms with Gasteiger partial charge in [0.2, 0.25) is 18.2 Å². The van der Waals surface area contributed by atoms with E-state index < -0.39 is 17.4 Å². The van der Waals surface area contributed by atoms with Crippen molar-refractivity contribution in [2.45, 2.75) is 84.7 Å². The molecule has 1 aromatic rings. The van der Waals surface area contributed by atoms with Crippen LogP contribution in [0.2, 0.25) is 0 Å². The molecule has 0 radical (unpaired) electrons. The van der Waals surface area contributed by atoms with Crippen molar-refractivity contribution in [3.8, 4) is 0 Å². The molecule has 2 atom stereocenters. The number of aryl methyl sites for hydroxylation is 1. The normalized spacial score (nSPS) is 18.6. The third-order valence-corrected chi connectivity index (χ3v) is 8.98. The molecule has 3 rings (SSSR count). The van der Waals surface area contributed by atoms with Crippen LogP contribution >= 0.6 is 11.3 Å². The summed E-state index contributed by atoms with van der Waals surface area (Å²) in [5.41, 5.74) is -0.545. The molecule has 10 heteroatoms. The highest BCUT2D eigenvalue weighted by molar-refractivity contribution is 7.13. The number of nitrogens with zero attached hydrogens (tertiary/aromatic N) is 3. The SMILES string of the molecule is Cc1ccc(C(=O)N2CCC(N(C)C(=O)[C@@H](NC(=O)[C@H](CC3CCCC3)CN(O)C=O)C(C)(C)C)CC2)s1. The van der Waals surface area contributed by atoms with Crippen molar-refractivity contribution >= 4 is 35.5 Å². The Hall–Kier alpha value is -2.46. The van der Waals surface area contributed by atoms with E-state index >= 15 is 0 Å². The highest BCUT2D eigenvalue weighted by atomic mass is 32.1. The lowest BCUT2D eigenvalue weighted by molar-refractivity contribution is -0.156. The second-order valence-corrected chi connectivity index (χ2v) is 13.3. The molecule has 1 aliphatic carbocycles. The van der Waals surface area contributed by atoms with Crippen LogP contribution in [-0.2, 0) is 14.4 Å². The molecule has 2 N–H and O–H groups in total. The van der Waals surface area contributed by atoms with Crippen molar-refractivity contribution in [1.29, 1.82) is 0 Å². The molecule has 0 unspecified atom stereocenters. The van der Waals surface area contributed by atoms with Gasteiger partial charge in [0.05, 0.1) is 17.3 Å². The van der Waals surface area contributed by atoms with Crippen molar-refractivity contribution in [1.82, 2.24) is 20.2 Å². The average molecular weight is 549 g/mol. The van der Waals surface area contributed by atoms with Gasteiger partial charge in [0.1, 0.15) is 6.04 Å². The zero-order valence-electron chi connectivity index (χ0n) is 23.4. The summed E-state index contributed by atoms with van der Waals surface area (Å²) in [5.74, 6) is -0.655. The number of amides is 4. The molecular formula is C28H44N4O5S. The van der Waals surface area contributed by atoms with Crippen LogP contribution in [0.3, 0.4) is 0 Å². The average Bonchev–Trinajstić information content (AvgIpc) is 3.56. The van der Waals surface area contributed by atoms with E-state index in [1.165, 1.54) is 11.3 Å². The topological polar surface area (TPSA) is 110 Å². The third kappa shape index (κ3) is 7.79. The largest absolute Gasteiger partial charge is 0.344 e. The molecule has 1 aromatic heterocycles. The van der Waals surface area contributed by atoms with Crippen LogP contribution in [0.15, 0.2) is 12.1 Å². The van der Waals surface area contributed by atoms with Crippen molar-refractivity contribution in [2.24, 2.45) is 17.3 Å². The van der Waals surface area contributed by atoms with Gasteiger partial charge in [0.25, 0.3) is 5.91 Å². The number of piperidine rings is 1. The first-order chi connectivity index (χ1) is 17.9. The molecule has 1 saturated heterocycles. The fraction of sp³-hybridized carbons (Fsp3) is 0.714. The summed E-state index contributed by atoms with van der Waals surface area (Å²) in [5, 5.41) is 13.3. The maximum absolute atomic E-state index is 13.7. The maximum atomic E-state index is 13.7. The Morgan fingerprint density at radius 2 is 1.79 bits per heavy atom. The standard InChI is InChI=1S/C28H44N4O5S/c1-19-10-11-23(38-19)26(35)31-14-12-22(13-15-31)30(5)27(36)24(28(2,3)4)29-25(34)21(17-32(37)18-33)16-20-8-6-7-9-20/h10-11,18,20-22,24,37H,6-9,12-17H2,1-5H3,(H,29,34)/t21-,24-/m1/s1. The second-order valence-electron chi connectivity index (χ2n) is 12.0. The number of rotatable bonds is 10. The number of carbonyl (C=O) groups is 4. The van der Waals surface area contributed by atoms with Crippen molar-refractivity contribution < 1.29 is 24.4 Å². The minimum atomic E-state index is -0.761. The molecule has 2 aliphatic rings. The molecule has 4 amide bonds. The summed E-state index contributed by atoms with van der Waals surface area (Å²) in [6.45, 7) is 8.80. The van der Waals surface area contributed by atoms with E-state index in [2.05, 4.69) is 5.32 Å². The second kappa shape index (κ2) is 13.1. The summed E-state index contributed by atoms with van der Waals surface area (Å²) in [4.78, 5) is 56.5. The molecule has 0 spiro atoms. The van der Waals surface area contributed by atoms with Crippen molar-refractivity contribution in [3.05, 3.63) is 21.9 Å². The number of likely N-dealkylation sites (N-methyl/N-ethyl adjacent to an activating group) is 1. The molecule has 9 nitrogen and oxygen atoms in total. The summed E-state index contributed by atoms with van der Waals surface area (Å²) < 4.78 is 0. The molecule has 0 aromatic carbocycles. The first-order valence-corrected chi connectivity index (χ1v) is 14.6. The minimum Gasteiger partial charge on any atom is -0.344 e. The van der Waals surface area contributed by atoms with Crippen LogP contribution in [0.5, 0.6) is 0 Å². The lowest BCUT2D eigenvalue weighted by Crippen LogP contribution is -2.58. The molecule has 2 fully saturated rings. The van der Waals surface area contributed by atoms with Gasteiger partial charge in [0, 0.05) is 31.1 Å². The number of hydrogen-bond donors (Lipinski definition) is 2. The third-order valence-electron chi connectivity index (χ3n) is 7.99. The van der Waals surface area contributed by atoms with Crippen LogP contribution in [0.25, 0.3) is 0 Å². The Morgan fingerprint density at radius 3 is 2.32 bits per heavy atom. The lowest BCUT2D eigenvalue weighted by Gasteiger charge is -2.40. The zero-order chi connectivity index (χ0) is 28.0. The van der Waals surface area contributed by atoms with Crippen LogP contribution in [0.4, 0.5) is 0 Å². The molecule has 212 valence electrons. The van der Waals surface area contributed by atoms with Gasteiger partial charge < -0.3 is 15.1 Å². The molecule has 1 aliphatic heterocycles. The molecule has 2 heterocycles. The van der Waals surface area contributed by atoms with Gasteiger partial charge in [-0.2, -0.15) is 0 Å². The predicted octanol–water partition coefficient (Wildman–Crippen LogP) is 3.69. The van der Waals surface area contributed by atoms with E-state index in [0.29, 0.717) is 49.7 Å². The van der Waals surface area contributed by atoms with Crippen LogP contribution in [0, 0.1) is 24.2 Å². The van der Waals surface area contributed by atoms with Gasteiger partial charge in [-0.05, 0) is 49.7 Å². The van der Waals surface area contributed by atoms with Crippen molar-refractivity contribution in [3.63, 3.8) is 0 Å². The first kappa shape index (κ1) is 30.1. The van der Waals surface area contributed by atoms with E-state index in [9.17, 15) is 24.4 Å². The Kier molecular flexibility index (Phi) is 10.3. The lowest BCUT2D eigenvalue weighted by atomic mass is 9.84. The number of likely N-dealkylation sites (tertiary alicyclic amines) is 1. The van der Waals surface area contributed by atoms with Gasteiger partial charge in [-0.1, -0.05) is 46.5 Å². The molecule has 0 bridgehead atoms. The van der Waals surface area contributed by atoms with Crippen molar-refractivity contribution in [2.75, 3.05) is 26.7 Å². The summed E-state index contributed by atoms with van der Waals surface area (Å²) >= 11 is 1.50. The van der Waals surface area contributed by atoms with Crippen LogP contribution in [0.1, 0.15) is 80.3 Å². The fourth-order valence-corrected chi connectivity index (χ4v) is 6.47. The summed E-state index contributed by atoms with van der Waals surface area (Å²) in [6, 6.07) is 3.03. The van der Waals surface area contributed by atoms with E-state index in [4.69, 9.17) is 0 Å². The van der Waals surface area contributed by atoms with Gasteiger partial charge >= 0.3 is 0 Å². The number of nitrogens with one attached hydrogen (secondary N) is 1.